The Kier molecular flexibility index (Phi) is 3.99. The molecule has 1 heterocycles. The number of nitrogens with zero attached hydrogens (tertiary/aromatic N) is 1. The summed E-state index contributed by atoms with van der Waals surface area (Å²) in [7, 11) is 0. The van der Waals surface area contributed by atoms with Gasteiger partial charge in [0, 0.05) is 10.6 Å². The topological polar surface area (TPSA) is 42.0 Å². The average molecular weight is 326 g/mol. The van der Waals surface area contributed by atoms with Crippen molar-refractivity contribution in [3.05, 3.63) is 57.3 Å². The fraction of sp³-hybridized carbons (Fsp3) is 0.0769. The SMILES string of the molecule is Cc1cc(Cl)cc(C(=O)Nc2ccc(Br)nc2)c1. The van der Waals surface area contributed by atoms with E-state index in [2.05, 4.69) is 26.2 Å². The van der Waals surface area contributed by atoms with Gasteiger partial charge in [-0.05, 0) is 58.7 Å². The number of hydrogen-bond donors (Lipinski definition) is 1. The molecule has 0 unspecified atom stereocenters. The molecule has 0 bridgehead atoms. The molecule has 92 valence electrons. The molecule has 2 aromatic rings. The number of carbonyl (C=O) groups is 1. The smallest absolute Gasteiger partial charge is 0.255 e. The molecule has 0 aliphatic rings. The number of anilines is 1. The second-order valence-electron chi connectivity index (χ2n) is 3.84. The van der Waals surface area contributed by atoms with Crippen LogP contribution in [0.25, 0.3) is 0 Å². The molecule has 3 nitrogen and oxygen atoms in total. The molecule has 1 amide bonds. The molecule has 0 aliphatic carbocycles. The van der Waals surface area contributed by atoms with Gasteiger partial charge in [-0.2, -0.15) is 0 Å². The lowest BCUT2D eigenvalue weighted by atomic mass is 10.1. The lowest BCUT2D eigenvalue weighted by molar-refractivity contribution is 0.102. The third kappa shape index (κ3) is 3.31. The minimum atomic E-state index is -0.204. The highest BCUT2D eigenvalue weighted by atomic mass is 79.9. The predicted molar refractivity (Wildman–Crippen MR) is 76.1 cm³/mol. The van der Waals surface area contributed by atoms with Crippen LogP contribution in [0.5, 0.6) is 0 Å². The van der Waals surface area contributed by atoms with Crippen LogP contribution in [-0.4, -0.2) is 10.9 Å². The van der Waals surface area contributed by atoms with Crippen LogP contribution in [0.4, 0.5) is 5.69 Å². The molecule has 0 aliphatic heterocycles. The molecule has 5 heteroatoms. The van der Waals surface area contributed by atoms with Crippen molar-refractivity contribution in [3.8, 4) is 0 Å². The van der Waals surface area contributed by atoms with E-state index in [1.165, 1.54) is 0 Å². The summed E-state index contributed by atoms with van der Waals surface area (Å²) in [5.41, 5.74) is 2.12. The van der Waals surface area contributed by atoms with Crippen molar-refractivity contribution in [2.75, 3.05) is 5.32 Å². The zero-order valence-electron chi connectivity index (χ0n) is 9.58. The highest BCUT2D eigenvalue weighted by Gasteiger charge is 2.07. The maximum atomic E-state index is 12.0. The number of benzene rings is 1. The van der Waals surface area contributed by atoms with Crippen molar-refractivity contribution < 1.29 is 4.79 Å². The van der Waals surface area contributed by atoms with Crippen LogP contribution in [0.15, 0.2) is 41.1 Å². The van der Waals surface area contributed by atoms with E-state index >= 15 is 0 Å². The minimum Gasteiger partial charge on any atom is -0.321 e. The van der Waals surface area contributed by atoms with E-state index in [-0.39, 0.29) is 5.91 Å². The van der Waals surface area contributed by atoms with Gasteiger partial charge in [-0.3, -0.25) is 4.79 Å². The van der Waals surface area contributed by atoms with Crippen molar-refractivity contribution in [2.24, 2.45) is 0 Å². The summed E-state index contributed by atoms with van der Waals surface area (Å²) >= 11 is 9.15. The standard InChI is InChI=1S/C13H10BrClN2O/c1-8-4-9(6-10(15)5-8)13(18)17-11-2-3-12(14)16-7-11/h2-7H,1H3,(H,17,18). The van der Waals surface area contributed by atoms with Crippen LogP contribution >= 0.6 is 27.5 Å². The molecule has 1 N–H and O–H groups in total. The van der Waals surface area contributed by atoms with Gasteiger partial charge in [-0.15, -0.1) is 0 Å². The Morgan fingerprint density at radius 1 is 1.33 bits per heavy atom. The Balaban J connectivity index is 2.19. The van der Waals surface area contributed by atoms with Crippen molar-refractivity contribution in [1.29, 1.82) is 0 Å². The Morgan fingerprint density at radius 3 is 2.72 bits per heavy atom. The second-order valence-corrected chi connectivity index (χ2v) is 5.09. The monoisotopic (exact) mass is 324 g/mol. The lowest BCUT2D eigenvalue weighted by Gasteiger charge is -2.06. The zero-order valence-corrected chi connectivity index (χ0v) is 11.9. The number of amides is 1. The summed E-state index contributed by atoms with van der Waals surface area (Å²) < 4.78 is 0.721. The van der Waals surface area contributed by atoms with Gasteiger partial charge >= 0.3 is 0 Å². The van der Waals surface area contributed by atoms with Gasteiger partial charge in [0.1, 0.15) is 4.60 Å². The van der Waals surface area contributed by atoms with Crippen molar-refractivity contribution in [1.82, 2.24) is 4.98 Å². The maximum Gasteiger partial charge on any atom is 0.255 e. The lowest BCUT2D eigenvalue weighted by Crippen LogP contribution is -2.12. The molecule has 18 heavy (non-hydrogen) atoms. The van der Waals surface area contributed by atoms with Gasteiger partial charge in [0.2, 0.25) is 0 Å². The minimum absolute atomic E-state index is 0.204. The highest BCUT2D eigenvalue weighted by Crippen LogP contribution is 2.16. The van der Waals surface area contributed by atoms with Gasteiger partial charge < -0.3 is 5.32 Å². The Labute approximate surface area is 118 Å². The van der Waals surface area contributed by atoms with Crippen LogP contribution in [0.2, 0.25) is 5.02 Å². The number of halogens is 2. The van der Waals surface area contributed by atoms with Crippen LogP contribution in [-0.2, 0) is 0 Å². The van der Waals surface area contributed by atoms with E-state index in [1.807, 2.05) is 6.92 Å². The van der Waals surface area contributed by atoms with E-state index in [0.29, 0.717) is 16.3 Å². The van der Waals surface area contributed by atoms with Crippen molar-refractivity contribution >= 4 is 39.1 Å². The van der Waals surface area contributed by atoms with Crippen molar-refractivity contribution in [3.63, 3.8) is 0 Å². The molecule has 0 fully saturated rings. The van der Waals surface area contributed by atoms with Crippen LogP contribution in [0.3, 0.4) is 0 Å². The first-order valence-electron chi connectivity index (χ1n) is 5.25. The Bertz CT molecular complexity index is 564. The van der Waals surface area contributed by atoms with Gasteiger partial charge in [-0.1, -0.05) is 11.6 Å². The first kappa shape index (κ1) is 13.1. The van der Waals surface area contributed by atoms with Gasteiger partial charge in [0.05, 0.1) is 11.9 Å². The summed E-state index contributed by atoms with van der Waals surface area (Å²) in [6.07, 6.45) is 1.58. The highest BCUT2D eigenvalue weighted by molar-refractivity contribution is 9.10. The zero-order chi connectivity index (χ0) is 13.1. The Morgan fingerprint density at radius 2 is 2.11 bits per heavy atom. The number of aryl methyl sites for hydroxylation is 1. The van der Waals surface area contributed by atoms with E-state index < -0.39 is 0 Å². The fourth-order valence-electron chi connectivity index (χ4n) is 1.52. The van der Waals surface area contributed by atoms with E-state index in [1.54, 1.807) is 36.5 Å². The van der Waals surface area contributed by atoms with E-state index in [9.17, 15) is 4.79 Å². The van der Waals surface area contributed by atoms with E-state index in [4.69, 9.17) is 11.6 Å². The van der Waals surface area contributed by atoms with Gasteiger partial charge in [0.25, 0.3) is 5.91 Å². The molecule has 0 radical (unpaired) electrons. The number of aromatic nitrogens is 1. The number of rotatable bonds is 2. The summed E-state index contributed by atoms with van der Waals surface area (Å²) in [4.78, 5) is 16.0. The second kappa shape index (κ2) is 5.50. The average Bonchev–Trinajstić information content (AvgIpc) is 2.31. The first-order chi connectivity index (χ1) is 8.54. The third-order valence-corrected chi connectivity index (χ3v) is 2.98. The summed E-state index contributed by atoms with van der Waals surface area (Å²) in [5.74, 6) is -0.204. The molecule has 2 rings (SSSR count). The van der Waals surface area contributed by atoms with Crippen LogP contribution < -0.4 is 5.32 Å². The van der Waals surface area contributed by atoms with Crippen LogP contribution in [0.1, 0.15) is 15.9 Å². The Hall–Kier alpha value is -1.39. The third-order valence-electron chi connectivity index (χ3n) is 2.29. The summed E-state index contributed by atoms with van der Waals surface area (Å²) in [6, 6.07) is 8.76. The molecule has 0 atom stereocenters. The van der Waals surface area contributed by atoms with Crippen LogP contribution in [0, 0.1) is 6.92 Å². The van der Waals surface area contributed by atoms with Gasteiger partial charge in [-0.25, -0.2) is 4.98 Å². The molecular formula is C13H10BrClN2O. The summed E-state index contributed by atoms with van der Waals surface area (Å²) in [5, 5.41) is 3.31. The van der Waals surface area contributed by atoms with E-state index in [0.717, 1.165) is 10.2 Å². The molecule has 1 aromatic carbocycles. The molecule has 1 aromatic heterocycles. The maximum absolute atomic E-state index is 12.0. The number of nitrogens with one attached hydrogen (secondary N) is 1. The predicted octanol–water partition coefficient (Wildman–Crippen LogP) is 4.06. The fourth-order valence-corrected chi connectivity index (χ4v) is 2.04. The quantitative estimate of drug-likeness (QED) is 0.846. The molecule has 0 saturated heterocycles. The number of pyridine rings is 1. The van der Waals surface area contributed by atoms with Gasteiger partial charge in [0.15, 0.2) is 0 Å². The molecule has 0 saturated carbocycles. The number of hydrogen-bond acceptors (Lipinski definition) is 2. The molecular weight excluding hydrogens is 316 g/mol. The van der Waals surface area contributed by atoms with Crippen molar-refractivity contribution in [2.45, 2.75) is 6.92 Å². The normalized spacial score (nSPS) is 10.2. The largest absolute Gasteiger partial charge is 0.321 e. The first-order valence-corrected chi connectivity index (χ1v) is 6.42. The molecule has 0 spiro atoms. The summed E-state index contributed by atoms with van der Waals surface area (Å²) in [6.45, 7) is 1.89. The number of carbonyl (C=O) groups excluding carboxylic acids is 1.